The van der Waals surface area contributed by atoms with Crippen LogP contribution in [-0.2, 0) is 6.54 Å². The van der Waals surface area contributed by atoms with Crippen LogP contribution in [-0.4, -0.2) is 44.1 Å². The molecule has 1 N–H and O–H groups in total. The molecule has 2 aromatic rings. The van der Waals surface area contributed by atoms with E-state index in [1.54, 1.807) is 11.3 Å². The fourth-order valence-corrected chi connectivity index (χ4v) is 4.30. The molecule has 0 atom stereocenters. The van der Waals surface area contributed by atoms with Gasteiger partial charge in [-0.05, 0) is 41.4 Å². The second-order valence-corrected chi connectivity index (χ2v) is 7.28. The highest BCUT2D eigenvalue weighted by atomic mass is 127. The second-order valence-electron chi connectivity index (χ2n) is 5.35. The number of rotatable bonds is 3. The van der Waals surface area contributed by atoms with Crippen LogP contribution < -0.4 is 10.2 Å². The molecule has 126 valence electrons. The van der Waals surface area contributed by atoms with Crippen molar-refractivity contribution in [3.63, 3.8) is 0 Å². The highest BCUT2D eigenvalue weighted by molar-refractivity contribution is 14.0. The first-order chi connectivity index (χ1) is 10.8. The first kappa shape index (κ1) is 18.5. The van der Waals surface area contributed by atoms with Gasteiger partial charge in [-0.15, -0.1) is 46.7 Å². The van der Waals surface area contributed by atoms with Crippen molar-refractivity contribution >= 4 is 57.6 Å². The van der Waals surface area contributed by atoms with Gasteiger partial charge in [0.15, 0.2) is 5.96 Å². The zero-order valence-electron chi connectivity index (χ0n) is 13.5. The quantitative estimate of drug-likeness (QED) is 0.430. The Morgan fingerprint density at radius 3 is 2.52 bits per heavy atom. The van der Waals surface area contributed by atoms with Gasteiger partial charge in [-0.3, -0.25) is 4.99 Å². The van der Waals surface area contributed by atoms with Crippen molar-refractivity contribution in [1.82, 2.24) is 10.2 Å². The predicted octanol–water partition coefficient (Wildman–Crippen LogP) is 3.63. The second kappa shape index (κ2) is 8.89. The maximum Gasteiger partial charge on any atom is 0.194 e. The third kappa shape index (κ3) is 4.60. The number of hydrogen-bond donors (Lipinski definition) is 1. The lowest BCUT2D eigenvalue weighted by molar-refractivity contribution is 0.373. The standard InChI is InChI=1S/C16H22N4S2.HI/c1-13-5-11-21-14(13)12-18-16(17-2)20-8-6-19(7-9-20)15-4-3-10-22-15;/h3-5,10-11H,6-9,12H2,1-2H3,(H,17,18);1H. The van der Waals surface area contributed by atoms with Gasteiger partial charge < -0.3 is 15.1 Å². The highest BCUT2D eigenvalue weighted by Crippen LogP contribution is 2.22. The highest BCUT2D eigenvalue weighted by Gasteiger charge is 2.20. The van der Waals surface area contributed by atoms with Gasteiger partial charge in [0.05, 0.1) is 11.5 Å². The van der Waals surface area contributed by atoms with Gasteiger partial charge in [0.25, 0.3) is 0 Å². The van der Waals surface area contributed by atoms with Gasteiger partial charge in [0.2, 0.25) is 0 Å². The number of halogens is 1. The Labute approximate surface area is 163 Å². The maximum atomic E-state index is 4.45. The minimum atomic E-state index is 0. The van der Waals surface area contributed by atoms with Crippen molar-refractivity contribution in [1.29, 1.82) is 0 Å². The molecule has 7 heteroatoms. The van der Waals surface area contributed by atoms with Crippen molar-refractivity contribution in [3.05, 3.63) is 39.4 Å². The lowest BCUT2D eigenvalue weighted by atomic mass is 10.3. The molecule has 0 aromatic carbocycles. The van der Waals surface area contributed by atoms with E-state index < -0.39 is 0 Å². The number of thiophene rings is 2. The molecule has 3 heterocycles. The molecule has 23 heavy (non-hydrogen) atoms. The molecule has 3 rings (SSSR count). The normalized spacial score (nSPS) is 15.5. The average molecular weight is 462 g/mol. The molecule has 0 saturated carbocycles. The van der Waals surface area contributed by atoms with E-state index in [0.29, 0.717) is 0 Å². The van der Waals surface area contributed by atoms with E-state index >= 15 is 0 Å². The number of anilines is 1. The summed E-state index contributed by atoms with van der Waals surface area (Å²) in [7, 11) is 1.87. The van der Waals surface area contributed by atoms with Gasteiger partial charge in [-0.2, -0.15) is 0 Å². The Hall–Kier alpha value is -0.800. The molecule has 1 saturated heterocycles. The van der Waals surface area contributed by atoms with E-state index in [0.717, 1.165) is 38.7 Å². The summed E-state index contributed by atoms with van der Waals surface area (Å²) < 4.78 is 0. The third-order valence-corrected chi connectivity index (χ3v) is 5.94. The SMILES string of the molecule is CN=C(NCc1sccc1C)N1CCN(c2cccs2)CC1.I. The molecule has 0 aliphatic carbocycles. The molecule has 0 amide bonds. The van der Waals surface area contributed by atoms with Crippen molar-refractivity contribution in [2.75, 3.05) is 38.1 Å². The van der Waals surface area contributed by atoms with Crippen LogP contribution in [0.2, 0.25) is 0 Å². The first-order valence-electron chi connectivity index (χ1n) is 7.55. The molecule has 2 aromatic heterocycles. The van der Waals surface area contributed by atoms with Crippen molar-refractivity contribution in [3.8, 4) is 0 Å². The van der Waals surface area contributed by atoms with Crippen molar-refractivity contribution in [2.24, 2.45) is 4.99 Å². The van der Waals surface area contributed by atoms with Crippen molar-refractivity contribution < 1.29 is 0 Å². The van der Waals surface area contributed by atoms with E-state index in [1.807, 2.05) is 18.4 Å². The predicted molar refractivity (Wildman–Crippen MR) is 113 cm³/mol. The van der Waals surface area contributed by atoms with Crippen LogP contribution in [0.4, 0.5) is 5.00 Å². The lowest BCUT2D eigenvalue weighted by Gasteiger charge is -2.37. The summed E-state index contributed by atoms with van der Waals surface area (Å²) in [5.74, 6) is 1.01. The molecule has 0 spiro atoms. The van der Waals surface area contributed by atoms with Gasteiger partial charge in [0.1, 0.15) is 0 Å². The number of aryl methyl sites for hydroxylation is 1. The van der Waals surface area contributed by atoms with Crippen LogP contribution in [0.1, 0.15) is 10.4 Å². The van der Waals surface area contributed by atoms with E-state index in [1.165, 1.54) is 15.4 Å². The Balaban J connectivity index is 0.00000192. The minimum absolute atomic E-state index is 0. The molecule has 0 bridgehead atoms. The van der Waals surface area contributed by atoms with Gasteiger partial charge in [-0.1, -0.05) is 0 Å². The van der Waals surface area contributed by atoms with Crippen LogP contribution >= 0.6 is 46.7 Å². The van der Waals surface area contributed by atoms with Crippen LogP contribution in [0.3, 0.4) is 0 Å². The summed E-state index contributed by atoms with van der Waals surface area (Å²) in [6.07, 6.45) is 0. The van der Waals surface area contributed by atoms with Crippen LogP contribution in [0.15, 0.2) is 34.0 Å². The fraction of sp³-hybridized carbons (Fsp3) is 0.438. The van der Waals surface area contributed by atoms with Gasteiger partial charge in [0, 0.05) is 38.1 Å². The van der Waals surface area contributed by atoms with E-state index in [9.17, 15) is 0 Å². The molecule has 1 aliphatic heterocycles. The summed E-state index contributed by atoms with van der Waals surface area (Å²) >= 11 is 3.62. The Morgan fingerprint density at radius 1 is 1.17 bits per heavy atom. The average Bonchev–Trinajstić information content (AvgIpc) is 3.21. The smallest absolute Gasteiger partial charge is 0.194 e. The number of hydrogen-bond acceptors (Lipinski definition) is 4. The topological polar surface area (TPSA) is 30.9 Å². The number of piperazine rings is 1. The summed E-state index contributed by atoms with van der Waals surface area (Å²) in [4.78, 5) is 10.6. The Bertz CT molecular complexity index is 616. The number of guanidine groups is 1. The van der Waals surface area contributed by atoms with Gasteiger partial charge in [-0.25, -0.2) is 0 Å². The first-order valence-corrected chi connectivity index (χ1v) is 9.31. The molecular formula is C16H23IN4S2. The summed E-state index contributed by atoms with van der Waals surface area (Å²) in [5.41, 5.74) is 1.36. The Morgan fingerprint density at radius 2 is 1.96 bits per heavy atom. The van der Waals surface area contributed by atoms with Crippen LogP contribution in [0.25, 0.3) is 0 Å². The zero-order chi connectivity index (χ0) is 15.4. The third-order valence-electron chi connectivity index (χ3n) is 3.98. The van der Waals surface area contributed by atoms with E-state index in [-0.39, 0.29) is 24.0 Å². The fourth-order valence-electron chi connectivity index (χ4n) is 2.67. The summed E-state index contributed by atoms with van der Waals surface area (Å²) in [5, 5.41) is 9.17. The molecule has 0 unspecified atom stereocenters. The van der Waals surface area contributed by atoms with Crippen LogP contribution in [0.5, 0.6) is 0 Å². The lowest BCUT2D eigenvalue weighted by Crippen LogP contribution is -2.52. The zero-order valence-corrected chi connectivity index (χ0v) is 17.5. The number of nitrogens with zero attached hydrogens (tertiary/aromatic N) is 3. The number of nitrogens with one attached hydrogen (secondary N) is 1. The molecule has 1 aliphatic rings. The molecule has 4 nitrogen and oxygen atoms in total. The summed E-state index contributed by atoms with van der Waals surface area (Å²) in [6.45, 7) is 7.16. The monoisotopic (exact) mass is 462 g/mol. The van der Waals surface area contributed by atoms with Crippen LogP contribution in [0, 0.1) is 6.92 Å². The molecule has 0 radical (unpaired) electrons. The molecule has 1 fully saturated rings. The van der Waals surface area contributed by atoms with E-state index in [2.05, 4.69) is 56.0 Å². The van der Waals surface area contributed by atoms with Gasteiger partial charge >= 0.3 is 0 Å². The molecular weight excluding hydrogens is 439 g/mol. The van der Waals surface area contributed by atoms with Crippen molar-refractivity contribution in [2.45, 2.75) is 13.5 Å². The van der Waals surface area contributed by atoms with E-state index in [4.69, 9.17) is 0 Å². The number of aliphatic imine (C=N–C) groups is 1. The maximum absolute atomic E-state index is 4.45. The Kier molecular flexibility index (Phi) is 7.16. The minimum Gasteiger partial charge on any atom is -0.360 e. The largest absolute Gasteiger partial charge is 0.360 e. The summed E-state index contributed by atoms with van der Waals surface area (Å²) in [6, 6.07) is 6.49.